The summed E-state index contributed by atoms with van der Waals surface area (Å²) in [5.41, 5.74) is 7.84. The lowest BCUT2D eigenvalue weighted by atomic mass is 10.0. The number of aliphatic hydroxyl groups is 1. The van der Waals surface area contributed by atoms with E-state index < -0.39 is 5.91 Å². The van der Waals surface area contributed by atoms with E-state index in [2.05, 4.69) is 4.98 Å². The molecule has 132 valence electrons. The van der Waals surface area contributed by atoms with Gasteiger partial charge in [0.25, 0.3) is 5.56 Å². The molecule has 0 bridgehead atoms. The monoisotopic (exact) mass is 341 g/mol. The molecule has 1 aromatic carbocycles. The number of H-pyrrole nitrogens is 1. The van der Waals surface area contributed by atoms with E-state index in [4.69, 9.17) is 5.73 Å². The van der Waals surface area contributed by atoms with Crippen LogP contribution in [0.4, 0.5) is 0 Å². The molecule has 1 amide bonds. The molecule has 2 heterocycles. The summed E-state index contributed by atoms with van der Waals surface area (Å²) in [6.07, 6.45) is 4.22. The third kappa shape index (κ3) is 3.21. The van der Waals surface area contributed by atoms with Gasteiger partial charge < -0.3 is 20.4 Å². The number of primary amides is 1. The van der Waals surface area contributed by atoms with E-state index in [-0.39, 0.29) is 25.6 Å². The summed E-state index contributed by atoms with van der Waals surface area (Å²) in [6, 6.07) is 8.55. The first kappa shape index (κ1) is 18.5. The van der Waals surface area contributed by atoms with Gasteiger partial charge in [-0.05, 0) is 30.2 Å². The lowest BCUT2D eigenvalue weighted by Gasteiger charge is -2.15. The van der Waals surface area contributed by atoms with Crippen molar-refractivity contribution in [2.75, 3.05) is 6.61 Å². The number of amides is 1. The number of hydrogen-bond donors (Lipinski definition) is 3. The lowest BCUT2D eigenvalue weighted by Crippen LogP contribution is -2.12. The minimum atomic E-state index is -0.492. The highest BCUT2D eigenvalue weighted by molar-refractivity contribution is 5.97. The first-order valence-corrected chi connectivity index (χ1v) is 7.80. The Morgan fingerprint density at radius 1 is 1.28 bits per heavy atom. The summed E-state index contributed by atoms with van der Waals surface area (Å²) in [4.78, 5) is 26.3. The molecule has 0 radical (unpaired) electrons. The Balaban J connectivity index is 0.00000225. The van der Waals surface area contributed by atoms with Crippen molar-refractivity contribution in [3.05, 3.63) is 58.6 Å². The standard InChI is InChI=1S/C18H19N3O3.CH4/c1-2-13(10-22)21-9-14(16-15(21)7-8-20-18(16)24)11-3-5-12(6-4-11)17(19)23;/h3-9,13,22H,2,10H2,1H3,(H2,19,23)(H,20,24);1H4. The van der Waals surface area contributed by atoms with Gasteiger partial charge in [0.1, 0.15) is 0 Å². The van der Waals surface area contributed by atoms with Gasteiger partial charge in [-0.2, -0.15) is 0 Å². The van der Waals surface area contributed by atoms with Crippen molar-refractivity contribution in [3.8, 4) is 11.1 Å². The van der Waals surface area contributed by atoms with Crippen LogP contribution in [-0.2, 0) is 0 Å². The molecule has 3 rings (SSSR count). The van der Waals surface area contributed by atoms with Gasteiger partial charge in [-0.15, -0.1) is 0 Å². The molecule has 4 N–H and O–H groups in total. The van der Waals surface area contributed by atoms with Crippen molar-refractivity contribution < 1.29 is 9.90 Å². The van der Waals surface area contributed by atoms with Crippen LogP contribution in [-0.4, -0.2) is 27.2 Å². The molecule has 1 atom stereocenters. The summed E-state index contributed by atoms with van der Waals surface area (Å²) >= 11 is 0. The van der Waals surface area contributed by atoms with E-state index >= 15 is 0 Å². The highest BCUT2D eigenvalue weighted by Gasteiger charge is 2.17. The zero-order chi connectivity index (χ0) is 17.3. The van der Waals surface area contributed by atoms with Crippen LogP contribution in [0.15, 0.2) is 47.5 Å². The number of benzene rings is 1. The molecular weight excluding hydrogens is 318 g/mol. The largest absolute Gasteiger partial charge is 0.394 e. The number of rotatable bonds is 5. The zero-order valence-electron chi connectivity index (χ0n) is 13.3. The van der Waals surface area contributed by atoms with Gasteiger partial charge in [-0.3, -0.25) is 9.59 Å². The smallest absolute Gasteiger partial charge is 0.258 e. The number of hydrogen-bond acceptors (Lipinski definition) is 3. The summed E-state index contributed by atoms with van der Waals surface area (Å²) in [5, 5.41) is 10.2. The van der Waals surface area contributed by atoms with Crippen LogP contribution in [0.25, 0.3) is 22.0 Å². The molecular formula is C19H23N3O3. The van der Waals surface area contributed by atoms with E-state index in [1.807, 2.05) is 23.8 Å². The van der Waals surface area contributed by atoms with Gasteiger partial charge in [0.05, 0.1) is 23.6 Å². The summed E-state index contributed by atoms with van der Waals surface area (Å²) in [6.45, 7) is 1.98. The Kier molecular flexibility index (Phi) is 5.44. The molecule has 0 aliphatic rings. The minimum Gasteiger partial charge on any atom is -0.394 e. The van der Waals surface area contributed by atoms with Crippen molar-refractivity contribution in [2.45, 2.75) is 26.8 Å². The fourth-order valence-electron chi connectivity index (χ4n) is 2.97. The fourth-order valence-corrected chi connectivity index (χ4v) is 2.97. The van der Waals surface area contributed by atoms with Crippen LogP contribution >= 0.6 is 0 Å². The second-order valence-electron chi connectivity index (χ2n) is 5.70. The zero-order valence-corrected chi connectivity index (χ0v) is 13.3. The predicted molar refractivity (Wildman–Crippen MR) is 99.7 cm³/mol. The highest BCUT2D eigenvalue weighted by Crippen LogP contribution is 2.31. The number of nitrogens with zero attached hydrogens (tertiary/aromatic N) is 1. The van der Waals surface area contributed by atoms with Gasteiger partial charge in [0.15, 0.2) is 0 Å². The maximum atomic E-state index is 12.4. The van der Waals surface area contributed by atoms with Crippen molar-refractivity contribution in [1.82, 2.24) is 9.55 Å². The van der Waals surface area contributed by atoms with E-state index in [0.29, 0.717) is 10.9 Å². The molecule has 25 heavy (non-hydrogen) atoms. The number of nitrogens with one attached hydrogen (secondary N) is 1. The van der Waals surface area contributed by atoms with Crippen molar-refractivity contribution in [2.24, 2.45) is 5.73 Å². The van der Waals surface area contributed by atoms with Gasteiger partial charge in [-0.1, -0.05) is 26.5 Å². The van der Waals surface area contributed by atoms with Gasteiger partial charge in [0.2, 0.25) is 5.91 Å². The van der Waals surface area contributed by atoms with Crippen LogP contribution in [0.1, 0.15) is 37.2 Å². The number of carbonyl (C=O) groups is 1. The van der Waals surface area contributed by atoms with E-state index in [9.17, 15) is 14.7 Å². The predicted octanol–water partition coefficient (Wildman–Crippen LogP) is 2.68. The molecule has 3 aromatic rings. The molecule has 0 aliphatic heterocycles. The molecule has 0 aliphatic carbocycles. The Labute approximate surface area is 145 Å². The van der Waals surface area contributed by atoms with Gasteiger partial charge >= 0.3 is 0 Å². The Hall–Kier alpha value is -2.86. The quantitative estimate of drug-likeness (QED) is 0.665. The molecule has 6 heteroatoms. The molecule has 2 aromatic heterocycles. The molecule has 6 nitrogen and oxygen atoms in total. The van der Waals surface area contributed by atoms with Crippen LogP contribution in [0.5, 0.6) is 0 Å². The lowest BCUT2D eigenvalue weighted by molar-refractivity contribution is 0.100. The summed E-state index contributed by atoms with van der Waals surface area (Å²) < 4.78 is 1.93. The number of carbonyl (C=O) groups excluding carboxylic acids is 1. The highest BCUT2D eigenvalue weighted by atomic mass is 16.3. The number of aliphatic hydroxyl groups excluding tert-OH is 1. The van der Waals surface area contributed by atoms with Crippen molar-refractivity contribution in [3.63, 3.8) is 0 Å². The third-order valence-corrected chi connectivity index (χ3v) is 4.31. The number of nitrogens with two attached hydrogens (primary N) is 1. The van der Waals surface area contributed by atoms with Crippen LogP contribution < -0.4 is 11.3 Å². The molecule has 1 unspecified atom stereocenters. The molecule has 0 spiro atoms. The first-order chi connectivity index (χ1) is 11.6. The Morgan fingerprint density at radius 2 is 1.96 bits per heavy atom. The summed E-state index contributed by atoms with van der Waals surface area (Å²) in [7, 11) is 0. The topological polar surface area (TPSA) is 101 Å². The van der Waals surface area contributed by atoms with Gasteiger partial charge in [0, 0.05) is 23.5 Å². The molecule has 0 saturated heterocycles. The number of fused-ring (bicyclic) bond motifs is 1. The fraction of sp³-hybridized carbons (Fsp3) is 0.263. The maximum Gasteiger partial charge on any atom is 0.258 e. The van der Waals surface area contributed by atoms with Crippen LogP contribution in [0.2, 0.25) is 0 Å². The molecule has 0 saturated carbocycles. The maximum absolute atomic E-state index is 12.4. The van der Waals surface area contributed by atoms with E-state index in [0.717, 1.165) is 23.1 Å². The van der Waals surface area contributed by atoms with E-state index in [1.165, 1.54) is 0 Å². The molecule has 0 fully saturated rings. The van der Waals surface area contributed by atoms with Crippen LogP contribution in [0, 0.1) is 0 Å². The second kappa shape index (κ2) is 7.36. The third-order valence-electron chi connectivity index (χ3n) is 4.31. The second-order valence-corrected chi connectivity index (χ2v) is 5.70. The SMILES string of the molecule is C.CCC(CO)n1cc(-c2ccc(C(N)=O)cc2)c2c(=O)[nH]ccc21. The Morgan fingerprint density at radius 3 is 2.52 bits per heavy atom. The number of aromatic amines is 1. The number of pyridine rings is 1. The van der Waals surface area contributed by atoms with Gasteiger partial charge in [-0.25, -0.2) is 0 Å². The average Bonchev–Trinajstić information content (AvgIpc) is 2.97. The summed E-state index contributed by atoms with van der Waals surface area (Å²) in [5.74, 6) is -0.492. The van der Waals surface area contributed by atoms with Crippen molar-refractivity contribution in [1.29, 1.82) is 0 Å². The number of aromatic nitrogens is 2. The Bertz CT molecular complexity index is 935. The van der Waals surface area contributed by atoms with E-state index in [1.54, 1.807) is 30.5 Å². The minimum absolute atomic E-state index is 0. The first-order valence-electron chi connectivity index (χ1n) is 7.80. The normalized spacial score (nSPS) is 11.9. The van der Waals surface area contributed by atoms with Crippen LogP contribution in [0.3, 0.4) is 0 Å². The van der Waals surface area contributed by atoms with Crippen molar-refractivity contribution >= 4 is 16.8 Å². The average molecular weight is 341 g/mol.